The van der Waals surface area contributed by atoms with Gasteiger partial charge < -0.3 is 21.7 Å². The van der Waals surface area contributed by atoms with Gasteiger partial charge in [-0.3, -0.25) is 29.2 Å². The molecule has 1 aromatic heterocycles. The molecule has 3 aromatic rings. The predicted molar refractivity (Wildman–Crippen MR) is 166 cm³/mol. The van der Waals surface area contributed by atoms with Crippen molar-refractivity contribution in [1.29, 1.82) is 0 Å². The average Bonchev–Trinajstić information content (AvgIpc) is 3.00. The molecule has 0 radical (unpaired) electrons. The monoisotopic (exact) mass is 621 g/mol. The molecule has 1 aliphatic rings. The number of carbonyl (C=O) groups is 4. The number of nitrogens with one attached hydrogen (secondary N) is 3. The number of allylic oxidation sites excluding steroid dienone is 1. The topological polar surface area (TPSA) is 173 Å². The largest absolute Gasteiger partial charge is 0.393 e. The summed E-state index contributed by atoms with van der Waals surface area (Å²) in [5.74, 6) is 2.67. The van der Waals surface area contributed by atoms with Crippen LogP contribution < -0.4 is 32.5 Å². The van der Waals surface area contributed by atoms with Gasteiger partial charge in [0.25, 0.3) is 11.8 Å². The normalized spacial score (nSPS) is 17.1. The van der Waals surface area contributed by atoms with Gasteiger partial charge in [-0.15, -0.1) is 0 Å². The van der Waals surface area contributed by atoms with E-state index < -0.39 is 29.5 Å². The number of halogens is 2. The summed E-state index contributed by atoms with van der Waals surface area (Å²) in [6.07, 6.45) is 3.10. The van der Waals surface area contributed by atoms with Crippen LogP contribution >= 0.6 is 11.6 Å². The molecule has 13 heteroatoms. The quantitative estimate of drug-likeness (QED) is 0.115. The zero-order chi connectivity index (χ0) is 32.1. The Balaban J connectivity index is 1.68. The van der Waals surface area contributed by atoms with Crippen molar-refractivity contribution in [2.75, 3.05) is 15.6 Å². The van der Waals surface area contributed by atoms with Crippen molar-refractivity contribution >= 4 is 52.2 Å². The number of Topliss-reactive ketones (excluding diaryl/α,β-unsaturated/α-hetero) is 1. The molecule has 2 bridgehead atoms. The molecule has 0 fully saturated rings. The first-order valence-corrected chi connectivity index (χ1v) is 14.2. The number of hydrogen-bond donors (Lipinski definition) is 5. The van der Waals surface area contributed by atoms with Crippen LogP contribution in [0.5, 0.6) is 0 Å². The minimum Gasteiger partial charge on any atom is -0.393 e. The number of anilines is 3. The Labute approximate surface area is 258 Å². The van der Waals surface area contributed by atoms with Crippen LogP contribution in [0.1, 0.15) is 51.8 Å². The van der Waals surface area contributed by atoms with Gasteiger partial charge in [0.05, 0.1) is 33.8 Å². The molecule has 2 unspecified atom stereocenters. The number of hydrazine groups is 1. The van der Waals surface area contributed by atoms with Crippen LogP contribution in [0, 0.1) is 11.7 Å². The predicted octanol–water partition coefficient (Wildman–Crippen LogP) is 4.55. The molecule has 0 saturated heterocycles. The minimum absolute atomic E-state index is 0.0546. The van der Waals surface area contributed by atoms with Gasteiger partial charge in [0.1, 0.15) is 5.70 Å². The van der Waals surface area contributed by atoms with Crippen LogP contribution in [0.3, 0.4) is 0 Å². The number of carbonyl (C=O) groups excluding carboxylic acids is 4. The Morgan fingerprint density at radius 3 is 2.57 bits per heavy atom. The van der Waals surface area contributed by atoms with Crippen LogP contribution in [-0.4, -0.2) is 28.5 Å². The summed E-state index contributed by atoms with van der Waals surface area (Å²) < 4.78 is 14.6. The maximum atomic E-state index is 14.6. The zero-order valence-corrected chi connectivity index (χ0v) is 25.2. The Morgan fingerprint density at radius 1 is 1.09 bits per heavy atom. The van der Waals surface area contributed by atoms with Crippen molar-refractivity contribution < 1.29 is 23.6 Å². The second kappa shape index (κ2) is 13.7. The lowest BCUT2D eigenvalue weighted by Gasteiger charge is -2.24. The Morgan fingerprint density at radius 2 is 1.84 bits per heavy atom. The molecule has 2 heterocycles. The van der Waals surface area contributed by atoms with E-state index in [1.54, 1.807) is 43.5 Å². The highest BCUT2D eigenvalue weighted by atomic mass is 35.5. The maximum absolute atomic E-state index is 14.6. The molecular weight excluding hydrogens is 589 g/mol. The number of rotatable bonds is 6. The molecular formula is C31H33ClFN7O4. The molecule has 4 rings (SSSR count). The first-order chi connectivity index (χ1) is 20.9. The van der Waals surface area contributed by atoms with Crippen LogP contribution in [0.4, 0.5) is 21.5 Å². The molecule has 44 heavy (non-hydrogen) atoms. The Hall–Kier alpha value is -4.81. The van der Waals surface area contributed by atoms with Crippen molar-refractivity contribution in [1.82, 2.24) is 10.3 Å². The van der Waals surface area contributed by atoms with Gasteiger partial charge in [0.2, 0.25) is 11.7 Å². The summed E-state index contributed by atoms with van der Waals surface area (Å²) in [6, 6.07) is 12.2. The molecule has 0 aliphatic carbocycles. The number of hydrogen-bond acceptors (Lipinski definition) is 8. The van der Waals surface area contributed by atoms with E-state index in [-0.39, 0.29) is 33.9 Å². The molecule has 1 aliphatic heterocycles. The number of aromatic nitrogens is 1. The van der Waals surface area contributed by atoms with E-state index in [1.807, 2.05) is 0 Å². The highest BCUT2D eigenvalue weighted by molar-refractivity contribution is 6.39. The number of nitrogens with zero attached hydrogens (tertiary/aromatic N) is 2. The van der Waals surface area contributed by atoms with Crippen molar-refractivity contribution in [3.8, 4) is 11.1 Å². The summed E-state index contributed by atoms with van der Waals surface area (Å²) >= 11 is 5.89. The summed E-state index contributed by atoms with van der Waals surface area (Å²) in [7, 11) is 0. The Kier molecular flexibility index (Phi) is 9.97. The average molecular weight is 622 g/mol. The fourth-order valence-corrected chi connectivity index (χ4v) is 4.87. The lowest BCUT2D eigenvalue weighted by molar-refractivity contribution is -0.133. The third-order valence-electron chi connectivity index (χ3n) is 7.37. The second-order valence-corrected chi connectivity index (χ2v) is 10.9. The van der Waals surface area contributed by atoms with E-state index in [9.17, 15) is 23.6 Å². The molecule has 2 atom stereocenters. The lowest BCUT2D eigenvalue weighted by atomic mass is 9.95. The molecule has 230 valence electrons. The van der Waals surface area contributed by atoms with Crippen molar-refractivity contribution in [3.05, 3.63) is 82.7 Å². The van der Waals surface area contributed by atoms with Gasteiger partial charge in [-0.2, -0.15) is 0 Å². The van der Waals surface area contributed by atoms with E-state index >= 15 is 0 Å². The van der Waals surface area contributed by atoms with Gasteiger partial charge >= 0.3 is 0 Å². The molecule has 7 N–H and O–H groups in total. The Bertz CT molecular complexity index is 1660. The smallest absolute Gasteiger partial charge is 0.291 e. The van der Waals surface area contributed by atoms with Crippen molar-refractivity contribution in [3.63, 3.8) is 0 Å². The zero-order valence-electron chi connectivity index (χ0n) is 24.4. The molecule has 0 saturated carbocycles. The van der Waals surface area contributed by atoms with E-state index in [0.29, 0.717) is 47.5 Å². The maximum Gasteiger partial charge on any atom is 0.291 e. The van der Waals surface area contributed by atoms with Crippen LogP contribution in [0.15, 0.2) is 66.1 Å². The SMILES string of the molecule is CC(=O)C(=O)Nc1ccc2c(c1)NC(=O)C(C)CCCC(NC(=O)/C(N)=C(\C)N(N)c1cccc(Cl)c1F)c1cc-2ccn1. The minimum atomic E-state index is -0.776. The summed E-state index contributed by atoms with van der Waals surface area (Å²) in [4.78, 5) is 54.4. The van der Waals surface area contributed by atoms with E-state index in [1.165, 1.54) is 25.1 Å². The number of pyridine rings is 1. The molecule has 11 nitrogen and oxygen atoms in total. The number of ketones is 1. The van der Waals surface area contributed by atoms with Gasteiger partial charge in [0, 0.05) is 30.3 Å². The summed E-state index contributed by atoms with van der Waals surface area (Å²) in [6.45, 7) is 4.44. The van der Waals surface area contributed by atoms with Crippen LogP contribution in [-0.2, 0) is 19.2 Å². The van der Waals surface area contributed by atoms with Crippen LogP contribution in [0.25, 0.3) is 11.1 Å². The highest BCUT2D eigenvalue weighted by Gasteiger charge is 2.24. The summed E-state index contributed by atoms with van der Waals surface area (Å²) in [5.41, 5.74) is 8.65. The fourth-order valence-electron chi connectivity index (χ4n) is 4.70. The van der Waals surface area contributed by atoms with E-state index in [0.717, 1.165) is 11.9 Å². The van der Waals surface area contributed by atoms with Gasteiger partial charge in [-0.1, -0.05) is 37.1 Å². The number of benzene rings is 2. The van der Waals surface area contributed by atoms with Gasteiger partial charge in [-0.05, 0) is 61.7 Å². The highest BCUT2D eigenvalue weighted by Crippen LogP contribution is 2.34. The van der Waals surface area contributed by atoms with Crippen molar-refractivity contribution in [2.45, 2.75) is 46.1 Å². The third kappa shape index (κ3) is 7.21. The summed E-state index contributed by atoms with van der Waals surface area (Å²) in [5, 5.41) is 9.22. The molecule has 0 spiro atoms. The van der Waals surface area contributed by atoms with E-state index in [2.05, 4.69) is 20.9 Å². The van der Waals surface area contributed by atoms with Gasteiger partial charge in [0.15, 0.2) is 5.82 Å². The molecule has 2 aromatic carbocycles. The van der Waals surface area contributed by atoms with Crippen molar-refractivity contribution in [2.24, 2.45) is 17.5 Å². The van der Waals surface area contributed by atoms with Crippen LogP contribution in [0.2, 0.25) is 5.02 Å². The van der Waals surface area contributed by atoms with Gasteiger partial charge in [-0.25, -0.2) is 10.2 Å². The molecule has 3 amide bonds. The standard InChI is InChI=1S/C31H33ClFN7O4/c1-16-6-4-8-23(38-31(44)28(34)17(2)40(35)26-9-5-7-22(32)27(26)33)25-14-19(12-13-36-25)21-11-10-20(37-30(43)18(3)41)15-24(21)39-29(16)42/h5,7,9-16,23H,4,6,8,34-35H2,1-3H3,(H,37,43)(H,38,44)(H,39,42)/b28-17-. The number of fused-ring (bicyclic) bond motifs is 4. The second-order valence-electron chi connectivity index (χ2n) is 10.5. The first-order valence-electron chi connectivity index (χ1n) is 13.9. The lowest BCUT2D eigenvalue weighted by Crippen LogP contribution is -2.38. The fraction of sp³-hybridized carbons (Fsp3) is 0.258. The number of amides is 3. The van der Waals surface area contributed by atoms with E-state index in [4.69, 9.17) is 23.2 Å². The first kappa shape index (κ1) is 32.1. The number of nitrogens with two attached hydrogens (primary N) is 2. The third-order valence-corrected chi connectivity index (χ3v) is 7.67.